The predicted molar refractivity (Wildman–Crippen MR) is 72.1 cm³/mol. The highest BCUT2D eigenvalue weighted by molar-refractivity contribution is 6.36. The number of carboxylic acid groups (broad SMARTS) is 1. The summed E-state index contributed by atoms with van der Waals surface area (Å²) in [6, 6.07) is 2.80. The van der Waals surface area contributed by atoms with Crippen molar-refractivity contribution in [3.8, 4) is 5.75 Å². The molecule has 0 aliphatic heterocycles. The summed E-state index contributed by atoms with van der Waals surface area (Å²) in [4.78, 5) is 13.1. The van der Waals surface area contributed by atoms with Crippen LogP contribution in [0.1, 0.15) is 16.8 Å². The van der Waals surface area contributed by atoms with E-state index in [1.807, 2.05) is 19.0 Å². The minimum absolute atomic E-state index is 0.0163. The molecule has 100 valence electrons. The number of benzene rings is 1. The van der Waals surface area contributed by atoms with Crippen molar-refractivity contribution in [1.29, 1.82) is 0 Å². The van der Waals surface area contributed by atoms with Crippen molar-refractivity contribution in [1.82, 2.24) is 4.90 Å². The first-order valence-electron chi connectivity index (χ1n) is 5.41. The van der Waals surface area contributed by atoms with Crippen LogP contribution in [0.5, 0.6) is 5.75 Å². The van der Waals surface area contributed by atoms with E-state index in [0.29, 0.717) is 6.61 Å². The molecule has 0 aliphatic rings. The third-order valence-electron chi connectivity index (χ3n) is 2.23. The molecule has 0 atom stereocenters. The Morgan fingerprint density at radius 2 is 2.06 bits per heavy atom. The van der Waals surface area contributed by atoms with Gasteiger partial charge in [-0.15, -0.1) is 0 Å². The van der Waals surface area contributed by atoms with E-state index >= 15 is 0 Å². The highest BCUT2D eigenvalue weighted by Crippen LogP contribution is 2.32. The maximum Gasteiger partial charge on any atom is 0.339 e. The SMILES string of the molecule is CN(C)CCCOc1c(Cl)cc(Cl)cc1C(=O)O. The fourth-order valence-electron chi connectivity index (χ4n) is 1.42. The van der Waals surface area contributed by atoms with E-state index in [1.165, 1.54) is 12.1 Å². The van der Waals surface area contributed by atoms with Crippen molar-refractivity contribution in [3.05, 3.63) is 27.7 Å². The van der Waals surface area contributed by atoms with E-state index in [9.17, 15) is 4.79 Å². The summed E-state index contributed by atoms with van der Waals surface area (Å²) in [6.45, 7) is 1.26. The molecule has 1 aromatic rings. The normalized spacial score (nSPS) is 10.7. The molecular formula is C12H15Cl2NO3. The summed E-state index contributed by atoms with van der Waals surface area (Å²) in [6.07, 6.45) is 0.783. The highest BCUT2D eigenvalue weighted by Gasteiger charge is 2.16. The molecule has 0 amide bonds. The largest absolute Gasteiger partial charge is 0.491 e. The summed E-state index contributed by atoms with van der Waals surface area (Å²) >= 11 is 11.7. The quantitative estimate of drug-likeness (QED) is 0.819. The molecule has 0 aliphatic carbocycles. The van der Waals surface area contributed by atoms with E-state index in [-0.39, 0.29) is 21.4 Å². The molecule has 0 fully saturated rings. The van der Waals surface area contributed by atoms with Crippen LogP contribution in [0.2, 0.25) is 10.0 Å². The van der Waals surface area contributed by atoms with Crippen molar-refractivity contribution < 1.29 is 14.6 Å². The highest BCUT2D eigenvalue weighted by atomic mass is 35.5. The van der Waals surface area contributed by atoms with E-state index < -0.39 is 5.97 Å². The van der Waals surface area contributed by atoms with E-state index in [4.69, 9.17) is 33.0 Å². The number of rotatable bonds is 6. The van der Waals surface area contributed by atoms with Crippen LogP contribution in [-0.2, 0) is 0 Å². The molecule has 4 nitrogen and oxygen atoms in total. The van der Waals surface area contributed by atoms with Crippen LogP contribution in [0.4, 0.5) is 0 Å². The van der Waals surface area contributed by atoms with Crippen LogP contribution >= 0.6 is 23.2 Å². The number of carboxylic acids is 1. The zero-order valence-corrected chi connectivity index (χ0v) is 11.8. The van der Waals surface area contributed by atoms with Gasteiger partial charge >= 0.3 is 5.97 Å². The van der Waals surface area contributed by atoms with Crippen molar-refractivity contribution in [2.45, 2.75) is 6.42 Å². The van der Waals surface area contributed by atoms with Gasteiger partial charge < -0.3 is 14.7 Å². The Labute approximate surface area is 116 Å². The van der Waals surface area contributed by atoms with Gasteiger partial charge in [0.2, 0.25) is 0 Å². The minimum atomic E-state index is -1.11. The number of carbonyl (C=O) groups is 1. The summed E-state index contributed by atoms with van der Waals surface area (Å²) in [7, 11) is 3.91. The second-order valence-electron chi connectivity index (χ2n) is 4.07. The number of hydrogen-bond acceptors (Lipinski definition) is 3. The number of halogens is 2. The lowest BCUT2D eigenvalue weighted by Crippen LogP contribution is -2.16. The zero-order valence-electron chi connectivity index (χ0n) is 10.2. The van der Waals surface area contributed by atoms with E-state index in [2.05, 4.69) is 0 Å². The van der Waals surface area contributed by atoms with Crippen LogP contribution in [0.15, 0.2) is 12.1 Å². The molecule has 0 unspecified atom stereocenters. The summed E-state index contributed by atoms with van der Waals surface area (Å²) in [5, 5.41) is 9.54. The molecule has 0 aromatic heterocycles. The molecule has 0 spiro atoms. The van der Waals surface area contributed by atoms with Gasteiger partial charge in [-0.2, -0.15) is 0 Å². The molecule has 0 saturated heterocycles. The van der Waals surface area contributed by atoms with Gasteiger partial charge in [0.25, 0.3) is 0 Å². The molecular weight excluding hydrogens is 277 g/mol. The number of hydrogen-bond donors (Lipinski definition) is 1. The van der Waals surface area contributed by atoms with E-state index in [1.54, 1.807) is 0 Å². The lowest BCUT2D eigenvalue weighted by molar-refractivity contribution is 0.0692. The fraction of sp³-hybridized carbons (Fsp3) is 0.417. The lowest BCUT2D eigenvalue weighted by Gasteiger charge is -2.13. The summed E-state index contributed by atoms with van der Waals surface area (Å²) < 4.78 is 5.44. The predicted octanol–water partition coefficient (Wildman–Crippen LogP) is 3.02. The third-order valence-corrected chi connectivity index (χ3v) is 2.73. The topological polar surface area (TPSA) is 49.8 Å². The van der Waals surface area contributed by atoms with Gasteiger partial charge in [0.15, 0.2) is 5.75 Å². The standard InChI is InChI=1S/C12H15Cl2NO3/c1-15(2)4-3-5-18-11-9(12(16)17)6-8(13)7-10(11)14/h6-7H,3-5H2,1-2H3,(H,16,17). The lowest BCUT2D eigenvalue weighted by atomic mass is 10.2. The van der Waals surface area contributed by atoms with Gasteiger partial charge in [-0.3, -0.25) is 0 Å². The maximum absolute atomic E-state index is 11.1. The van der Waals surface area contributed by atoms with Crippen LogP contribution in [0.25, 0.3) is 0 Å². The van der Waals surface area contributed by atoms with Crippen LogP contribution in [0.3, 0.4) is 0 Å². The third kappa shape index (κ3) is 4.37. The molecule has 0 saturated carbocycles. The van der Waals surface area contributed by atoms with Crippen molar-refractivity contribution >= 4 is 29.2 Å². The number of nitrogens with zero attached hydrogens (tertiary/aromatic N) is 1. The van der Waals surface area contributed by atoms with Gasteiger partial charge in [-0.05, 0) is 32.6 Å². The molecule has 0 heterocycles. The number of ether oxygens (including phenoxy) is 1. The molecule has 18 heavy (non-hydrogen) atoms. The van der Waals surface area contributed by atoms with Gasteiger partial charge in [-0.25, -0.2) is 4.79 Å². The van der Waals surface area contributed by atoms with Crippen LogP contribution in [0, 0.1) is 0 Å². The Hall–Kier alpha value is -0.970. The van der Waals surface area contributed by atoms with Crippen molar-refractivity contribution in [3.63, 3.8) is 0 Å². The Balaban J connectivity index is 2.77. The Bertz CT molecular complexity index is 436. The van der Waals surface area contributed by atoms with Crippen LogP contribution in [-0.4, -0.2) is 43.2 Å². The zero-order chi connectivity index (χ0) is 13.7. The van der Waals surface area contributed by atoms with Crippen molar-refractivity contribution in [2.24, 2.45) is 0 Å². The van der Waals surface area contributed by atoms with Crippen LogP contribution < -0.4 is 4.74 Å². The first kappa shape index (κ1) is 15.1. The molecule has 0 radical (unpaired) electrons. The Morgan fingerprint density at radius 1 is 1.39 bits per heavy atom. The van der Waals surface area contributed by atoms with Gasteiger partial charge in [0.1, 0.15) is 5.56 Å². The minimum Gasteiger partial charge on any atom is -0.491 e. The average molecular weight is 292 g/mol. The second-order valence-corrected chi connectivity index (χ2v) is 4.92. The number of aromatic carboxylic acids is 1. The van der Waals surface area contributed by atoms with Gasteiger partial charge in [0, 0.05) is 11.6 Å². The molecule has 1 N–H and O–H groups in total. The molecule has 1 aromatic carbocycles. The fourth-order valence-corrected chi connectivity index (χ4v) is 1.97. The molecule has 0 bridgehead atoms. The Kier molecular flexibility index (Phi) is 5.72. The van der Waals surface area contributed by atoms with Crippen molar-refractivity contribution in [2.75, 3.05) is 27.2 Å². The maximum atomic E-state index is 11.1. The van der Waals surface area contributed by atoms with Gasteiger partial charge in [0.05, 0.1) is 11.6 Å². The summed E-state index contributed by atoms with van der Waals surface area (Å²) in [5.41, 5.74) is -0.0163. The summed E-state index contributed by atoms with van der Waals surface area (Å²) in [5.74, 6) is -0.936. The first-order valence-corrected chi connectivity index (χ1v) is 6.17. The molecule has 1 rings (SSSR count). The smallest absolute Gasteiger partial charge is 0.339 e. The van der Waals surface area contributed by atoms with Gasteiger partial charge in [-0.1, -0.05) is 23.2 Å². The van der Waals surface area contributed by atoms with E-state index in [0.717, 1.165) is 13.0 Å². The Morgan fingerprint density at radius 3 is 2.61 bits per heavy atom. The first-order chi connectivity index (χ1) is 8.41. The second kappa shape index (κ2) is 6.83. The molecule has 6 heteroatoms. The monoisotopic (exact) mass is 291 g/mol. The average Bonchev–Trinajstić information content (AvgIpc) is 2.25.